The van der Waals surface area contributed by atoms with Crippen molar-refractivity contribution in [3.05, 3.63) is 27.1 Å². The Kier molecular flexibility index (Phi) is 4.83. The van der Waals surface area contributed by atoms with E-state index in [0.717, 1.165) is 29.9 Å². The quantitative estimate of drug-likeness (QED) is 0.671. The number of hydrogen-bond donors (Lipinski definition) is 3. The van der Waals surface area contributed by atoms with Gasteiger partial charge < -0.3 is 15.8 Å². The molecule has 10 heteroatoms. The van der Waals surface area contributed by atoms with Crippen molar-refractivity contribution in [2.45, 2.75) is 32.2 Å². The van der Waals surface area contributed by atoms with E-state index >= 15 is 0 Å². The van der Waals surface area contributed by atoms with E-state index < -0.39 is 11.9 Å². The molecule has 0 bridgehead atoms. The van der Waals surface area contributed by atoms with Gasteiger partial charge in [0.1, 0.15) is 10.0 Å². The van der Waals surface area contributed by atoms with E-state index in [1.54, 1.807) is 6.92 Å². The number of anilines is 1. The Bertz CT molecular complexity index is 783. The molecule has 0 atom stereocenters. The molecule has 2 aromatic heterocycles. The van der Waals surface area contributed by atoms with E-state index in [9.17, 15) is 9.59 Å². The molecule has 0 unspecified atom stereocenters. The van der Waals surface area contributed by atoms with Crippen molar-refractivity contribution in [2.75, 3.05) is 11.9 Å². The first-order chi connectivity index (χ1) is 11.5. The zero-order chi connectivity index (χ0) is 17.3. The number of carbonyl (C=O) groups is 2. The molecule has 128 valence electrons. The van der Waals surface area contributed by atoms with Gasteiger partial charge in [0.25, 0.3) is 5.91 Å². The van der Waals surface area contributed by atoms with E-state index in [2.05, 4.69) is 20.5 Å². The molecule has 1 aliphatic carbocycles. The lowest BCUT2D eigenvalue weighted by Gasteiger charge is -2.03. The maximum absolute atomic E-state index is 12.4. The summed E-state index contributed by atoms with van der Waals surface area (Å²) in [7, 11) is 0. The molecule has 1 fully saturated rings. The summed E-state index contributed by atoms with van der Waals surface area (Å²) in [6, 6.07) is 0. The molecule has 0 spiro atoms. The van der Waals surface area contributed by atoms with Crippen molar-refractivity contribution in [2.24, 2.45) is 5.73 Å². The molecule has 3 rings (SSSR count). The summed E-state index contributed by atoms with van der Waals surface area (Å²) < 4.78 is 4.95. The average molecular weight is 370 g/mol. The van der Waals surface area contributed by atoms with E-state index in [0.29, 0.717) is 15.9 Å². The number of aromatic nitrogens is 3. The average Bonchev–Trinajstić information content (AvgIpc) is 3.20. The van der Waals surface area contributed by atoms with Crippen LogP contribution in [0.5, 0.6) is 0 Å². The number of hydrogen-bond acceptors (Lipinski definition) is 7. The van der Waals surface area contributed by atoms with Crippen LogP contribution in [-0.2, 0) is 11.3 Å². The molecular formula is C14H16ClN5O3S. The molecule has 0 aromatic carbocycles. The number of esters is 1. The molecule has 1 amide bonds. The third kappa shape index (κ3) is 3.28. The lowest BCUT2D eigenvalue weighted by molar-refractivity contribution is 0.0521. The van der Waals surface area contributed by atoms with Gasteiger partial charge in [0.15, 0.2) is 11.4 Å². The number of ether oxygens (including phenoxy) is 1. The molecule has 0 aliphatic heterocycles. The van der Waals surface area contributed by atoms with Crippen LogP contribution in [0.4, 0.5) is 5.00 Å². The molecule has 1 aliphatic rings. The van der Waals surface area contributed by atoms with Crippen LogP contribution < -0.4 is 11.1 Å². The van der Waals surface area contributed by atoms with Crippen LogP contribution in [0, 0.1) is 0 Å². The van der Waals surface area contributed by atoms with Gasteiger partial charge in [-0.3, -0.25) is 9.89 Å². The maximum Gasteiger partial charge on any atom is 0.360 e. The van der Waals surface area contributed by atoms with Crippen LogP contribution >= 0.6 is 22.9 Å². The Morgan fingerprint density at radius 1 is 1.46 bits per heavy atom. The first kappa shape index (κ1) is 16.9. The summed E-state index contributed by atoms with van der Waals surface area (Å²) in [5.74, 6) is -0.787. The minimum absolute atomic E-state index is 0.0322. The molecule has 1 saturated carbocycles. The monoisotopic (exact) mass is 369 g/mol. The number of nitrogens with one attached hydrogen (secondary N) is 2. The SMILES string of the molecule is CCOC(=O)c1nc(CN)sc1NC(=O)c1n[nH]c(C2CC2)c1Cl. The third-order valence-corrected chi connectivity index (χ3v) is 4.85. The fourth-order valence-corrected chi connectivity index (χ4v) is 3.32. The molecule has 24 heavy (non-hydrogen) atoms. The highest BCUT2D eigenvalue weighted by molar-refractivity contribution is 7.16. The maximum atomic E-state index is 12.4. The number of aromatic amines is 1. The summed E-state index contributed by atoms with van der Waals surface area (Å²) >= 11 is 7.34. The van der Waals surface area contributed by atoms with E-state index in [1.807, 2.05) is 0 Å². The highest BCUT2D eigenvalue weighted by Gasteiger charge is 2.31. The lowest BCUT2D eigenvalue weighted by Crippen LogP contribution is -2.15. The van der Waals surface area contributed by atoms with Crippen molar-refractivity contribution in [1.29, 1.82) is 0 Å². The smallest absolute Gasteiger partial charge is 0.360 e. The number of carbonyl (C=O) groups excluding carboxylic acids is 2. The summed E-state index contributed by atoms with van der Waals surface area (Å²) in [6.45, 7) is 2.05. The van der Waals surface area contributed by atoms with Gasteiger partial charge in [0, 0.05) is 12.5 Å². The minimum Gasteiger partial charge on any atom is -0.461 e. The zero-order valence-corrected chi connectivity index (χ0v) is 14.5. The molecule has 8 nitrogen and oxygen atoms in total. The molecule has 4 N–H and O–H groups in total. The lowest BCUT2D eigenvalue weighted by atomic mass is 10.2. The van der Waals surface area contributed by atoms with Gasteiger partial charge in [-0.25, -0.2) is 9.78 Å². The Hall–Kier alpha value is -1.97. The first-order valence-corrected chi connectivity index (χ1v) is 8.66. The highest BCUT2D eigenvalue weighted by atomic mass is 35.5. The van der Waals surface area contributed by atoms with Crippen LogP contribution in [0.15, 0.2) is 0 Å². The van der Waals surface area contributed by atoms with Crippen molar-refractivity contribution in [3.63, 3.8) is 0 Å². The number of nitrogens with two attached hydrogens (primary N) is 1. The van der Waals surface area contributed by atoms with Gasteiger partial charge in [0.05, 0.1) is 17.3 Å². The predicted molar refractivity (Wildman–Crippen MR) is 89.5 cm³/mol. The second-order valence-electron chi connectivity index (χ2n) is 5.24. The van der Waals surface area contributed by atoms with Crippen LogP contribution in [-0.4, -0.2) is 33.7 Å². The number of halogens is 1. The van der Waals surface area contributed by atoms with Crippen LogP contribution in [0.25, 0.3) is 0 Å². The fourth-order valence-electron chi connectivity index (χ4n) is 2.17. The van der Waals surface area contributed by atoms with E-state index in [4.69, 9.17) is 22.1 Å². The van der Waals surface area contributed by atoms with Gasteiger partial charge in [-0.2, -0.15) is 5.10 Å². The predicted octanol–water partition coefficient (Wildman–Crippen LogP) is 2.28. The summed E-state index contributed by atoms with van der Waals surface area (Å²) in [5, 5.41) is 10.5. The fraction of sp³-hybridized carbons (Fsp3) is 0.429. The molecule has 2 aromatic rings. The Morgan fingerprint density at radius 3 is 2.83 bits per heavy atom. The molecule has 2 heterocycles. The normalized spacial score (nSPS) is 13.8. The summed E-state index contributed by atoms with van der Waals surface area (Å²) in [4.78, 5) is 28.5. The number of rotatable bonds is 6. The molecular weight excluding hydrogens is 354 g/mol. The van der Waals surface area contributed by atoms with Gasteiger partial charge in [-0.1, -0.05) is 22.9 Å². The van der Waals surface area contributed by atoms with Crippen molar-refractivity contribution in [3.8, 4) is 0 Å². The number of thiazole rings is 1. The number of H-pyrrole nitrogens is 1. The van der Waals surface area contributed by atoms with Crippen molar-refractivity contribution in [1.82, 2.24) is 15.2 Å². The standard InChI is InChI=1S/C14H16ClN5O3S/c1-2-23-14(22)11-13(24-7(5-16)17-11)18-12(21)10-8(15)9(19-20-10)6-3-4-6/h6H,2-5,16H2,1H3,(H,18,21)(H,19,20). The Morgan fingerprint density at radius 2 is 2.21 bits per heavy atom. The number of amides is 1. The second kappa shape index (κ2) is 6.88. The largest absolute Gasteiger partial charge is 0.461 e. The Labute approximate surface area is 146 Å². The van der Waals surface area contributed by atoms with E-state index in [1.165, 1.54) is 0 Å². The summed E-state index contributed by atoms with van der Waals surface area (Å²) in [5.41, 5.74) is 6.46. The Balaban J connectivity index is 1.83. The van der Waals surface area contributed by atoms with E-state index in [-0.39, 0.29) is 29.5 Å². The van der Waals surface area contributed by atoms with Crippen molar-refractivity contribution < 1.29 is 14.3 Å². The van der Waals surface area contributed by atoms with Gasteiger partial charge in [-0.05, 0) is 19.8 Å². The van der Waals surface area contributed by atoms with Crippen molar-refractivity contribution >= 4 is 39.8 Å². The topological polar surface area (TPSA) is 123 Å². The minimum atomic E-state index is -0.615. The number of nitrogens with zero attached hydrogens (tertiary/aromatic N) is 2. The summed E-state index contributed by atoms with van der Waals surface area (Å²) in [6.07, 6.45) is 2.06. The molecule has 0 radical (unpaired) electrons. The van der Waals surface area contributed by atoms with Crippen LogP contribution in [0.2, 0.25) is 5.02 Å². The second-order valence-corrected chi connectivity index (χ2v) is 6.70. The molecule has 0 saturated heterocycles. The van der Waals surface area contributed by atoms with Crippen LogP contribution in [0.1, 0.15) is 57.4 Å². The third-order valence-electron chi connectivity index (χ3n) is 3.48. The van der Waals surface area contributed by atoms with Gasteiger partial charge in [-0.15, -0.1) is 0 Å². The van der Waals surface area contributed by atoms with Gasteiger partial charge in [0.2, 0.25) is 0 Å². The van der Waals surface area contributed by atoms with Crippen LogP contribution in [0.3, 0.4) is 0 Å². The highest BCUT2D eigenvalue weighted by Crippen LogP contribution is 2.42. The first-order valence-electron chi connectivity index (χ1n) is 7.47. The van der Waals surface area contributed by atoms with Gasteiger partial charge >= 0.3 is 5.97 Å². The zero-order valence-electron chi connectivity index (χ0n) is 12.9.